The summed E-state index contributed by atoms with van der Waals surface area (Å²) in [5.41, 5.74) is 7.02. The van der Waals surface area contributed by atoms with Crippen molar-refractivity contribution in [1.82, 2.24) is 9.97 Å². The van der Waals surface area contributed by atoms with Crippen molar-refractivity contribution in [2.24, 2.45) is 5.92 Å². The lowest BCUT2D eigenvalue weighted by atomic mass is 9.95. The van der Waals surface area contributed by atoms with Crippen molar-refractivity contribution in [3.05, 3.63) is 11.4 Å². The van der Waals surface area contributed by atoms with E-state index in [9.17, 15) is 0 Å². The Morgan fingerprint density at radius 2 is 2.05 bits per heavy atom. The SMILES string of the molecule is COC1CN(c2nc(C(C)C)nc(N)c2C)CCC1C. The maximum absolute atomic E-state index is 6.05. The third-order valence-electron chi connectivity index (χ3n) is 4.18. The van der Waals surface area contributed by atoms with E-state index in [-0.39, 0.29) is 12.0 Å². The fraction of sp³-hybridized carbons (Fsp3) is 0.733. The fourth-order valence-electron chi connectivity index (χ4n) is 2.64. The van der Waals surface area contributed by atoms with Gasteiger partial charge in [-0.15, -0.1) is 0 Å². The first-order chi connectivity index (χ1) is 9.43. The number of hydrogen-bond acceptors (Lipinski definition) is 5. The summed E-state index contributed by atoms with van der Waals surface area (Å²) in [4.78, 5) is 11.4. The van der Waals surface area contributed by atoms with Gasteiger partial charge in [-0.2, -0.15) is 0 Å². The van der Waals surface area contributed by atoms with Gasteiger partial charge in [0, 0.05) is 31.7 Å². The van der Waals surface area contributed by atoms with Crippen LogP contribution in [0, 0.1) is 12.8 Å². The van der Waals surface area contributed by atoms with E-state index in [1.54, 1.807) is 7.11 Å². The highest BCUT2D eigenvalue weighted by atomic mass is 16.5. The second-order valence-corrected chi connectivity index (χ2v) is 6.06. The fourth-order valence-corrected chi connectivity index (χ4v) is 2.64. The van der Waals surface area contributed by atoms with Gasteiger partial charge in [0.1, 0.15) is 17.5 Å². The normalized spacial score (nSPS) is 23.4. The predicted molar refractivity (Wildman–Crippen MR) is 82.1 cm³/mol. The molecule has 2 rings (SSSR count). The summed E-state index contributed by atoms with van der Waals surface area (Å²) >= 11 is 0. The number of ether oxygens (including phenoxy) is 1. The standard InChI is InChI=1S/C15H26N4O/c1-9(2)14-17-13(16)11(4)15(18-14)19-7-6-10(3)12(8-19)20-5/h9-10,12H,6-8H2,1-5H3,(H2,16,17,18). The van der Waals surface area contributed by atoms with Crippen LogP contribution in [0.2, 0.25) is 0 Å². The molecule has 1 saturated heterocycles. The maximum atomic E-state index is 6.05. The zero-order valence-electron chi connectivity index (χ0n) is 13.2. The molecule has 1 fully saturated rings. The number of piperidine rings is 1. The molecule has 0 aromatic carbocycles. The largest absolute Gasteiger partial charge is 0.383 e. The molecule has 112 valence electrons. The van der Waals surface area contributed by atoms with E-state index in [1.807, 2.05) is 6.92 Å². The van der Waals surface area contributed by atoms with Gasteiger partial charge in [0.15, 0.2) is 0 Å². The highest BCUT2D eigenvalue weighted by molar-refractivity contribution is 5.57. The topological polar surface area (TPSA) is 64.3 Å². The molecule has 0 spiro atoms. The second-order valence-electron chi connectivity index (χ2n) is 6.06. The molecule has 1 aromatic rings. The zero-order valence-corrected chi connectivity index (χ0v) is 13.2. The van der Waals surface area contributed by atoms with Crippen LogP contribution in [-0.4, -0.2) is 36.3 Å². The predicted octanol–water partition coefficient (Wildman–Crippen LogP) is 2.35. The Morgan fingerprint density at radius 1 is 1.35 bits per heavy atom. The average molecular weight is 278 g/mol. The Labute approximate surface area is 121 Å². The maximum Gasteiger partial charge on any atom is 0.137 e. The highest BCUT2D eigenvalue weighted by Gasteiger charge is 2.28. The molecule has 2 heterocycles. The summed E-state index contributed by atoms with van der Waals surface area (Å²) < 4.78 is 5.59. The van der Waals surface area contributed by atoms with Crippen LogP contribution < -0.4 is 10.6 Å². The van der Waals surface area contributed by atoms with Gasteiger partial charge in [0.05, 0.1) is 6.10 Å². The van der Waals surface area contributed by atoms with Crippen molar-refractivity contribution >= 4 is 11.6 Å². The third-order valence-corrected chi connectivity index (χ3v) is 4.18. The minimum atomic E-state index is 0.252. The van der Waals surface area contributed by atoms with Crippen LogP contribution in [0.25, 0.3) is 0 Å². The molecule has 0 amide bonds. The molecule has 0 aliphatic carbocycles. The van der Waals surface area contributed by atoms with E-state index in [0.29, 0.717) is 11.7 Å². The van der Waals surface area contributed by atoms with E-state index in [4.69, 9.17) is 15.5 Å². The number of methoxy groups -OCH3 is 1. The molecular formula is C15H26N4O. The van der Waals surface area contributed by atoms with Crippen molar-refractivity contribution in [3.63, 3.8) is 0 Å². The van der Waals surface area contributed by atoms with Gasteiger partial charge in [0.25, 0.3) is 0 Å². The molecule has 20 heavy (non-hydrogen) atoms. The van der Waals surface area contributed by atoms with Gasteiger partial charge in [0.2, 0.25) is 0 Å². The average Bonchev–Trinajstić information content (AvgIpc) is 2.42. The van der Waals surface area contributed by atoms with Crippen LogP contribution in [0.4, 0.5) is 11.6 Å². The summed E-state index contributed by atoms with van der Waals surface area (Å²) in [7, 11) is 1.78. The Balaban J connectivity index is 2.32. The second kappa shape index (κ2) is 5.95. The summed E-state index contributed by atoms with van der Waals surface area (Å²) in [6.07, 6.45) is 1.36. The number of nitrogen functional groups attached to an aromatic ring is 1. The van der Waals surface area contributed by atoms with Gasteiger partial charge < -0.3 is 15.4 Å². The quantitative estimate of drug-likeness (QED) is 0.919. The van der Waals surface area contributed by atoms with E-state index < -0.39 is 0 Å². The molecule has 2 atom stereocenters. The number of rotatable bonds is 3. The zero-order chi connectivity index (χ0) is 14.9. The lowest BCUT2D eigenvalue weighted by molar-refractivity contribution is 0.0496. The molecule has 0 radical (unpaired) electrons. The monoisotopic (exact) mass is 278 g/mol. The van der Waals surface area contributed by atoms with Crippen LogP contribution in [0.5, 0.6) is 0 Å². The molecule has 5 heteroatoms. The molecule has 1 aliphatic heterocycles. The van der Waals surface area contributed by atoms with Crippen molar-refractivity contribution in [1.29, 1.82) is 0 Å². The first-order valence-electron chi connectivity index (χ1n) is 7.35. The Hall–Kier alpha value is -1.36. The van der Waals surface area contributed by atoms with E-state index in [1.165, 1.54) is 0 Å². The van der Waals surface area contributed by atoms with Gasteiger partial charge in [-0.25, -0.2) is 9.97 Å². The van der Waals surface area contributed by atoms with Crippen molar-refractivity contribution in [2.45, 2.75) is 46.1 Å². The number of nitrogens with two attached hydrogens (primary N) is 1. The number of nitrogens with zero attached hydrogens (tertiary/aromatic N) is 3. The van der Waals surface area contributed by atoms with Crippen LogP contribution in [-0.2, 0) is 4.74 Å². The van der Waals surface area contributed by atoms with Crippen LogP contribution in [0.1, 0.15) is 44.5 Å². The molecule has 0 saturated carbocycles. The van der Waals surface area contributed by atoms with Gasteiger partial charge in [-0.3, -0.25) is 0 Å². The summed E-state index contributed by atoms with van der Waals surface area (Å²) in [6.45, 7) is 10.3. The number of hydrogen-bond donors (Lipinski definition) is 1. The Kier molecular flexibility index (Phi) is 4.48. The van der Waals surface area contributed by atoms with Crippen molar-refractivity contribution in [2.75, 3.05) is 30.8 Å². The van der Waals surface area contributed by atoms with Crippen LogP contribution >= 0.6 is 0 Å². The van der Waals surface area contributed by atoms with Crippen molar-refractivity contribution in [3.8, 4) is 0 Å². The molecule has 2 unspecified atom stereocenters. The highest BCUT2D eigenvalue weighted by Crippen LogP contribution is 2.29. The smallest absolute Gasteiger partial charge is 0.137 e. The molecule has 5 nitrogen and oxygen atoms in total. The molecule has 1 aromatic heterocycles. The summed E-state index contributed by atoms with van der Waals surface area (Å²) in [6, 6.07) is 0. The minimum absolute atomic E-state index is 0.252. The van der Waals surface area contributed by atoms with Gasteiger partial charge in [-0.1, -0.05) is 20.8 Å². The molecule has 0 bridgehead atoms. The first-order valence-corrected chi connectivity index (χ1v) is 7.35. The van der Waals surface area contributed by atoms with Crippen molar-refractivity contribution < 1.29 is 4.74 Å². The van der Waals surface area contributed by atoms with E-state index >= 15 is 0 Å². The van der Waals surface area contributed by atoms with E-state index in [2.05, 4.69) is 30.7 Å². The van der Waals surface area contributed by atoms with E-state index in [0.717, 1.165) is 36.7 Å². The third kappa shape index (κ3) is 2.87. The van der Waals surface area contributed by atoms with Crippen LogP contribution in [0.3, 0.4) is 0 Å². The minimum Gasteiger partial charge on any atom is -0.383 e. The number of anilines is 2. The first kappa shape index (κ1) is 15.0. The van der Waals surface area contributed by atoms with Crippen LogP contribution in [0.15, 0.2) is 0 Å². The molecular weight excluding hydrogens is 252 g/mol. The Bertz CT molecular complexity index is 475. The summed E-state index contributed by atoms with van der Waals surface area (Å²) in [5.74, 6) is 3.23. The Morgan fingerprint density at radius 3 is 2.65 bits per heavy atom. The number of aromatic nitrogens is 2. The molecule has 1 aliphatic rings. The lowest BCUT2D eigenvalue weighted by Gasteiger charge is -2.37. The lowest BCUT2D eigenvalue weighted by Crippen LogP contribution is -2.44. The summed E-state index contributed by atoms with van der Waals surface area (Å²) in [5, 5.41) is 0. The van der Waals surface area contributed by atoms with Gasteiger partial charge in [-0.05, 0) is 19.3 Å². The molecule has 2 N–H and O–H groups in total. The van der Waals surface area contributed by atoms with Gasteiger partial charge >= 0.3 is 0 Å².